The molecule has 2 aromatic heterocycles. The van der Waals surface area contributed by atoms with Crippen LogP contribution in [0.5, 0.6) is 0 Å². The van der Waals surface area contributed by atoms with Gasteiger partial charge in [-0.05, 0) is 0 Å². The Morgan fingerprint density at radius 1 is 1.43 bits per heavy atom. The molecule has 0 bridgehead atoms. The van der Waals surface area contributed by atoms with Crippen LogP contribution in [-0.4, -0.2) is 34.5 Å². The molecule has 0 saturated carbocycles. The average Bonchev–Trinajstić information content (AvgIpc) is 2.97. The van der Waals surface area contributed by atoms with Crippen LogP contribution in [0.4, 0.5) is 13.2 Å². The predicted molar refractivity (Wildman–Crippen MR) is 69.0 cm³/mol. The van der Waals surface area contributed by atoms with Gasteiger partial charge in [-0.1, -0.05) is 0 Å². The lowest BCUT2D eigenvalue weighted by Gasteiger charge is -2.14. The molecule has 0 aliphatic rings. The molecule has 0 aliphatic carbocycles. The minimum absolute atomic E-state index is 0.0277. The number of rotatable bonds is 4. The molecule has 0 N–H and O–H groups in total. The van der Waals surface area contributed by atoms with Gasteiger partial charge in [0.05, 0.1) is 12.7 Å². The number of sulfonamides is 1. The fraction of sp³-hybridized carbons (Fsp3) is 0.400. The summed E-state index contributed by atoms with van der Waals surface area (Å²) in [5, 5.41) is 4.69. The molecule has 6 nitrogen and oxygen atoms in total. The highest BCUT2D eigenvalue weighted by Crippen LogP contribution is 2.30. The largest absolute Gasteiger partial charge is 0.434 e. The number of aryl methyl sites for hydroxylation is 1. The Morgan fingerprint density at radius 2 is 2.10 bits per heavy atom. The van der Waals surface area contributed by atoms with Crippen molar-refractivity contribution < 1.29 is 21.6 Å². The van der Waals surface area contributed by atoms with E-state index in [0.717, 1.165) is 21.0 Å². The predicted octanol–water partition coefficient (Wildman–Crippen LogP) is 1.72. The van der Waals surface area contributed by atoms with Crippen molar-refractivity contribution in [3.8, 4) is 0 Å². The standard InChI is InChI=1S/C10H11F3N4O2S2/c1-16-4-7(3-14-16)21(18,19)17(2)5-9-15-8(6-20-9)10(11,12)13/h3-4,6H,5H2,1-2H3. The van der Waals surface area contributed by atoms with Crippen LogP contribution in [-0.2, 0) is 29.8 Å². The number of nitrogens with zero attached hydrogens (tertiary/aromatic N) is 4. The summed E-state index contributed by atoms with van der Waals surface area (Å²) in [5.74, 6) is 0. The van der Waals surface area contributed by atoms with Crippen molar-refractivity contribution in [2.75, 3.05) is 7.05 Å². The van der Waals surface area contributed by atoms with Crippen LogP contribution in [0, 0.1) is 0 Å². The van der Waals surface area contributed by atoms with Crippen molar-refractivity contribution in [2.24, 2.45) is 7.05 Å². The third-order valence-corrected chi connectivity index (χ3v) is 5.18. The number of alkyl halides is 3. The van der Waals surface area contributed by atoms with Gasteiger partial charge in [-0.25, -0.2) is 13.4 Å². The van der Waals surface area contributed by atoms with E-state index in [2.05, 4.69) is 10.1 Å². The average molecular weight is 340 g/mol. The first-order chi connectivity index (χ1) is 9.60. The summed E-state index contributed by atoms with van der Waals surface area (Å²) in [7, 11) is -0.967. The van der Waals surface area contributed by atoms with Gasteiger partial charge in [-0.15, -0.1) is 11.3 Å². The Kier molecular flexibility index (Phi) is 4.08. The van der Waals surface area contributed by atoms with E-state index in [1.165, 1.54) is 24.1 Å². The Hall–Kier alpha value is -1.46. The fourth-order valence-corrected chi connectivity index (χ4v) is 3.55. The smallest absolute Gasteiger partial charge is 0.274 e. The topological polar surface area (TPSA) is 68.1 Å². The Morgan fingerprint density at radius 3 is 2.57 bits per heavy atom. The van der Waals surface area contributed by atoms with Crippen LogP contribution in [0.15, 0.2) is 22.7 Å². The van der Waals surface area contributed by atoms with Gasteiger partial charge in [0, 0.05) is 25.7 Å². The van der Waals surface area contributed by atoms with Crippen molar-refractivity contribution >= 4 is 21.4 Å². The van der Waals surface area contributed by atoms with Gasteiger partial charge in [0.1, 0.15) is 9.90 Å². The maximum Gasteiger partial charge on any atom is 0.434 e. The van der Waals surface area contributed by atoms with E-state index >= 15 is 0 Å². The summed E-state index contributed by atoms with van der Waals surface area (Å²) in [6.45, 7) is -0.238. The number of hydrogen-bond donors (Lipinski definition) is 0. The van der Waals surface area contributed by atoms with Crippen molar-refractivity contribution in [1.82, 2.24) is 19.1 Å². The van der Waals surface area contributed by atoms with Gasteiger partial charge in [0.2, 0.25) is 10.0 Å². The molecule has 0 saturated heterocycles. The van der Waals surface area contributed by atoms with Gasteiger partial charge in [-0.2, -0.15) is 22.6 Å². The molecule has 0 spiro atoms. The molecule has 2 rings (SSSR count). The van der Waals surface area contributed by atoms with Crippen LogP contribution >= 0.6 is 11.3 Å². The molecular weight excluding hydrogens is 329 g/mol. The third kappa shape index (κ3) is 3.41. The first kappa shape index (κ1) is 15.9. The van der Waals surface area contributed by atoms with Crippen molar-refractivity contribution in [2.45, 2.75) is 17.6 Å². The number of thiazole rings is 1. The maximum absolute atomic E-state index is 12.4. The number of halogens is 3. The molecule has 0 atom stereocenters. The van der Waals surface area contributed by atoms with E-state index in [1.807, 2.05) is 0 Å². The molecule has 0 amide bonds. The molecule has 11 heteroatoms. The molecule has 2 aromatic rings. The number of hydrogen-bond acceptors (Lipinski definition) is 5. The van der Waals surface area contributed by atoms with Crippen LogP contribution in [0.2, 0.25) is 0 Å². The van der Waals surface area contributed by atoms with E-state index in [1.54, 1.807) is 7.05 Å². The molecule has 0 aliphatic heterocycles. The van der Waals surface area contributed by atoms with Gasteiger partial charge in [0.15, 0.2) is 5.69 Å². The van der Waals surface area contributed by atoms with E-state index < -0.39 is 21.9 Å². The van der Waals surface area contributed by atoms with Crippen molar-refractivity contribution in [3.05, 3.63) is 28.5 Å². The van der Waals surface area contributed by atoms with E-state index in [4.69, 9.17) is 0 Å². The van der Waals surface area contributed by atoms with Crippen LogP contribution in [0.25, 0.3) is 0 Å². The molecule has 116 valence electrons. The van der Waals surface area contributed by atoms with Crippen molar-refractivity contribution in [3.63, 3.8) is 0 Å². The molecule has 0 unspecified atom stereocenters. The minimum atomic E-state index is -4.53. The Balaban J connectivity index is 2.18. The summed E-state index contributed by atoms with van der Waals surface area (Å²) in [4.78, 5) is 3.37. The molecule has 0 aromatic carbocycles. The quantitative estimate of drug-likeness (QED) is 0.850. The number of aromatic nitrogens is 3. The Labute approximate surface area is 122 Å². The van der Waals surface area contributed by atoms with E-state index in [0.29, 0.717) is 0 Å². The SMILES string of the molecule is CN(Cc1nc(C(F)(F)F)cs1)S(=O)(=O)c1cnn(C)c1. The first-order valence-corrected chi connectivity index (χ1v) is 7.89. The summed E-state index contributed by atoms with van der Waals surface area (Å²) < 4.78 is 63.9. The zero-order valence-electron chi connectivity index (χ0n) is 11.0. The van der Waals surface area contributed by atoms with Gasteiger partial charge in [-0.3, -0.25) is 4.68 Å². The normalized spacial score (nSPS) is 13.0. The first-order valence-electron chi connectivity index (χ1n) is 5.57. The van der Waals surface area contributed by atoms with E-state index in [-0.39, 0.29) is 16.4 Å². The highest BCUT2D eigenvalue weighted by molar-refractivity contribution is 7.89. The molecular formula is C10H11F3N4O2S2. The third-order valence-electron chi connectivity index (χ3n) is 2.59. The maximum atomic E-state index is 12.4. The molecule has 0 radical (unpaired) electrons. The highest BCUT2D eigenvalue weighted by Gasteiger charge is 2.34. The lowest BCUT2D eigenvalue weighted by molar-refractivity contribution is -0.140. The highest BCUT2D eigenvalue weighted by atomic mass is 32.2. The zero-order valence-corrected chi connectivity index (χ0v) is 12.6. The van der Waals surface area contributed by atoms with Crippen molar-refractivity contribution in [1.29, 1.82) is 0 Å². The summed E-state index contributed by atoms with van der Waals surface area (Å²) >= 11 is 0.763. The zero-order chi connectivity index (χ0) is 15.8. The Bertz CT molecular complexity index is 736. The van der Waals surface area contributed by atoms with Gasteiger partial charge < -0.3 is 0 Å². The lowest BCUT2D eigenvalue weighted by Crippen LogP contribution is -2.26. The summed E-state index contributed by atoms with van der Waals surface area (Å²) in [5.41, 5.74) is -1.02. The summed E-state index contributed by atoms with van der Waals surface area (Å²) in [6.07, 6.45) is -2.04. The summed E-state index contributed by atoms with van der Waals surface area (Å²) in [6, 6.07) is 0. The molecule has 2 heterocycles. The van der Waals surface area contributed by atoms with Crippen LogP contribution in [0.3, 0.4) is 0 Å². The van der Waals surface area contributed by atoms with Gasteiger partial charge >= 0.3 is 6.18 Å². The van der Waals surface area contributed by atoms with Crippen LogP contribution < -0.4 is 0 Å². The second-order valence-corrected chi connectivity index (χ2v) is 7.22. The fourth-order valence-electron chi connectivity index (χ4n) is 1.50. The molecule has 21 heavy (non-hydrogen) atoms. The monoisotopic (exact) mass is 340 g/mol. The van der Waals surface area contributed by atoms with Crippen LogP contribution in [0.1, 0.15) is 10.7 Å². The minimum Gasteiger partial charge on any atom is -0.274 e. The molecule has 0 fully saturated rings. The van der Waals surface area contributed by atoms with Gasteiger partial charge in [0.25, 0.3) is 0 Å². The van der Waals surface area contributed by atoms with E-state index in [9.17, 15) is 21.6 Å². The second-order valence-electron chi connectivity index (χ2n) is 4.24. The lowest BCUT2D eigenvalue weighted by atomic mass is 10.5. The second kappa shape index (κ2) is 5.39.